The zero-order valence-electron chi connectivity index (χ0n) is 16.9. The van der Waals surface area contributed by atoms with E-state index in [1.54, 1.807) is 12.1 Å². The van der Waals surface area contributed by atoms with Crippen molar-refractivity contribution in [2.75, 3.05) is 5.75 Å². The summed E-state index contributed by atoms with van der Waals surface area (Å²) in [5, 5.41) is 9.10. The second-order valence-electron chi connectivity index (χ2n) is 6.91. The van der Waals surface area contributed by atoms with Crippen molar-refractivity contribution in [2.24, 2.45) is 0 Å². The molecule has 3 aromatic carbocycles. The van der Waals surface area contributed by atoms with E-state index in [-0.39, 0.29) is 4.90 Å². The normalized spacial score (nSPS) is 12.5. The molecule has 0 aliphatic rings. The molecule has 0 amide bonds. The van der Waals surface area contributed by atoms with Crippen molar-refractivity contribution in [3.8, 4) is 11.5 Å². The van der Waals surface area contributed by atoms with E-state index in [2.05, 4.69) is 14.9 Å². The molecule has 1 N–H and O–H groups in total. The lowest BCUT2D eigenvalue weighted by molar-refractivity contribution is 0.465. The first kappa shape index (κ1) is 22.5. The van der Waals surface area contributed by atoms with E-state index >= 15 is 0 Å². The lowest BCUT2D eigenvalue weighted by Crippen LogP contribution is -2.29. The fourth-order valence-electron chi connectivity index (χ4n) is 3.08. The van der Waals surface area contributed by atoms with Crippen molar-refractivity contribution in [1.82, 2.24) is 14.9 Å². The van der Waals surface area contributed by atoms with Gasteiger partial charge in [0.25, 0.3) is 5.22 Å². The van der Waals surface area contributed by atoms with Crippen LogP contribution in [-0.2, 0) is 10.0 Å². The predicted octanol–water partition coefficient (Wildman–Crippen LogP) is 5.59. The number of thioether (sulfide) groups is 1. The van der Waals surface area contributed by atoms with Crippen LogP contribution >= 0.6 is 23.4 Å². The van der Waals surface area contributed by atoms with Crippen molar-refractivity contribution in [2.45, 2.75) is 22.6 Å². The van der Waals surface area contributed by atoms with Crippen LogP contribution in [0.5, 0.6) is 0 Å². The van der Waals surface area contributed by atoms with E-state index in [0.717, 1.165) is 11.1 Å². The molecule has 0 spiro atoms. The van der Waals surface area contributed by atoms with Gasteiger partial charge in [0.2, 0.25) is 15.9 Å². The number of hydrogen-bond donors (Lipinski definition) is 1. The monoisotopic (exact) mass is 485 g/mol. The van der Waals surface area contributed by atoms with Crippen molar-refractivity contribution < 1.29 is 12.8 Å². The van der Waals surface area contributed by atoms with Gasteiger partial charge in [0.05, 0.1) is 4.90 Å². The van der Waals surface area contributed by atoms with E-state index in [4.69, 9.17) is 16.0 Å². The molecule has 6 nitrogen and oxygen atoms in total. The van der Waals surface area contributed by atoms with Crippen LogP contribution < -0.4 is 4.72 Å². The summed E-state index contributed by atoms with van der Waals surface area (Å²) in [5.41, 5.74) is 1.73. The minimum Gasteiger partial charge on any atom is -0.411 e. The first-order chi connectivity index (χ1) is 15.5. The Morgan fingerprint density at radius 1 is 0.906 bits per heavy atom. The Balaban J connectivity index is 1.45. The fourth-order valence-corrected chi connectivity index (χ4v) is 5.23. The van der Waals surface area contributed by atoms with Crippen molar-refractivity contribution in [3.63, 3.8) is 0 Å². The van der Waals surface area contributed by atoms with Crippen LogP contribution in [0.4, 0.5) is 0 Å². The quantitative estimate of drug-likeness (QED) is 0.311. The number of aromatic nitrogens is 2. The first-order valence-corrected chi connectivity index (χ1v) is 12.7. The highest BCUT2D eigenvalue weighted by Crippen LogP contribution is 2.27. The van der Waals surface area contributed by atoms with Crippen LogP contribution in [0.1, 0.15) is 18.0 Å². The summed E-state index contributed by atoms with van der Waals surface area (Å²) >= 11 is 7.28. The Hall–Kier alpha value is -2.65. The van der Waals surface area contributed by atoms with E-state index in [1.807, 2.05) is 60.7 Å². The van der Waals surface area contributed by atoms with Crippen molar-refractivity contribution in [3.05, 3.63) is 95.5 Å². The van der Waals surface area contributed by atoms with Gasteiger partial charge >= 0.3 is 0 Å². The molecule has 9 heteroatoms. The molecule has 0 fully saturated rings. The van der Waals surface area contributed by atoms with E-state index in [1.165, 1.54) is 23.9 Å². The molecule has 0 saturated heterocycles. The largest absolute Gasteiger partial charge is 0.411 e. The van der Waals surface area contributed by atoms with Crippen molar-refractivity contribution in [1.29, 1.82) is 0 Å². The predicted molar refractivity (Wildman–Crippen MR) is 126 cm³/mol. The number of hydrogen-bond acceptors (Lipinski definition) is 6. The lowest BCUT2D eigenvalue weighted by atomic mass is 10.1. The van der Waals surface area contributed by atoms with Gasteiger partial charge in [-0.2, -0.15) is 0 Å². The summed E-state index contributed by atoms with van der Waals surface area (Å²) in [5.74, 6) is 1.04. The minimum absolute atomic E-state index is 0.167. The Bertz CT molecular complexity index is 1250. The third-order valence-electron chi connectivity index (χ3n) is 4.68. The van der Waals surface area contributed by atoms with Gasteiger partial charge < -0.3 is 4.42 Å². The Kier molecular flexibility index (Phi) is 7.26. The summed E-state index contributed by atoms with van der Waals surface area (Å²) in [6.45, 7) is 0. The van der Waals surface area contributed by atoms with Crippen LogP contribution in [0.25, 0.3) is 11.5 Å². The third kappa shape index (κ3) is 5.77. The van der Waals surface area contributed by atoms with Crippen LogP contribution in [0.2, 0.25) is 5.02 Å². The van der Waals surface area contributed by atoms with Crippen LogP contribution in [0.3, 0.4) is 0 Å². The number of halogens is 1. The van der Waals surface area contributed by atoms with Gasteiger partial charge in [-0.3, -0.25) is 0 Å². The van der Waals surface area contributed by atoms with Crippen LogP contribution in [0, 0.1) is 0 Å². The summed E-state index contributed by atoms with van der Waals surface area (Å²) in [6, 6.07) is 24.7. The number of sulfonamides is 1. The molecule has 32 heavy (non-hydrogen) atoms. The second kappa shape index (κ2) is 10.3. The average Bonchev–Trinajstić information content (AvgIpc) is 3.29. The summed E-state index contributed by atoms with van der Waals surface area (Å²) in [4.78, 5) is 0.167. The maximum Gasteiger partial charge on any atom is 0.276 e. The van der Waals surface area contributed by atoms with Crippen LogP contribution in [-0.4, -0.2) is 24.4 Å². The standard InChI is InChI=1S/C23H20ClN3O3S2/c24-19-11-13-20(14-12-19)32(28,29)27-21(17-7-3-1-4-8-17)15-16-31-23-26-25-22(30-23)18-9-5-2-6-10-18/h1-14,21,27H,15-16H2. The molecule has 1 unspecified atom stereocenters. The minimum atomic E-state index is -3.72. The smallest absolute Gasteiger partial charge is 0.276 e. The Labute approximate surface area is 196 Å². The molecule has 1 atom stereocenters. The molecule has 0 aliphatic carbocycles. The summed E-state index contributed by atoms with van der Waals surface area (Å²) < 4.78 is 34.4. The van der Waals surface area contributed by atoms with E-state index in [9.17, 15) is 8.42 Å². The Morgan fingerprint density at radius 2 is 1.56 bits per heavy atom. The first-order valence-electron chi connectivity index (χ1n) is 9.86. The van der Waals surface area contributed by atoms with Gasteiger partial charge in [0.15, 0.2) is 0 Å². The highest BCUT2D eigenvalue weighted by molar-refractivity contribution is 7.99. The average molecular weight is 486 g/mol. The molecule has 4 rings (SSSR count). The summed E-state index contributed by atoms with van der Waals surface area (Å²) in [6.07, 6.45) is 0.532. The molecule has 4 aromatic rings. The molecular formula is C23H20ClN3O3S2. The highest BCUT2D eigenvalue weighted by Gasteiger charge is 2.22. The maximum absolute atomic E-state index is 12.9. The zero-order chi connectivity index (χ0) is 22.4. The zero-order valence-corrected chi connectivity index (χ0v) is 19.3. The molecule has 164 valence electrons. The number of rotatable bonds is 9. The third-order valence-corrected chi connectivity index (χ3v) is 7.27. The fraction of sp³-hybridized carbons (Fsp3) is 0.130. The van der Waals surface area contributed by atoms with Crippen LogP contribution in [0.15, 0.2) is 99.5 Å². The van der Waals surface area contributed by atoms with Gasteiger partial charge in [0, 0.05) is 22.4 Å². The molecule has 1 heterocycles. The number of nitrogens with one attached hydrogen (secondary N) is 1. The second-order valence-corrected chi connectivity index (χ2v) is 10.1. The highest BCUT2D eigenvalue weighted by atomic mass is 35.5. The van der Waals surface area contributed by atoms with Gasteiger partial charge in [-0.1, -0.05) is 71.9 Å². The van der Waals surface area contributed by atoms with Gasteiger partial charge in [-0.15, -0.1) is 10.2 Å². The number of benzene rings is 3. The van der Waals surface area contributed by atoms with Gasteiger partial charge in [0.1, 0.15) is 0 Å². The molecule has 0 bridgehead atoms. The summed E-state index contributed by atoms with van der Waals surface area (Å²) in [7, 11) is -3.72. The van der Waals surface area contributed by atoms with Gasteiger partial charge in [-0.05, 0) is 48.4 Å². The molecule has 0 radical (unpaired) electrons. The maximum atomic E-state index is 12.9. The topological polar surface area (TPSA) is 85.1 Å². The molecular weight excluding hydrogens is 466 g/mol. The molecule has 0 aliphatic heterocycles. The SMILES string of the molecule is O=S(=O)(NC(CCSc1nnc(-c2ccccc2)o1)c1ccccc1)c1ccc(Cl)cc1. The lowest BCUT2D eigenvalue weighted by Gasteiger charge is -2.19. The molecule has 0 saturated carbocycles. The number of nitrogens with zero attached hydrogens (tertiary/aromatic N) is 2. The Morgan fingerprint density at radius 3 is 2.25 bits per heavy atom. The van der Waals surface area contributed by atoms with Gasteiger partial charge in [-0.25, -0.2) is 13.1 Å². The van der Waals surface area contributed by atoms with E-state index in [0.29, 0.717) is 28.3 Å². The van der Waals surface area contributed by atoms with Crippen molar-refractivity contribution >= 4 is 33.4 Å². The molecule has 1 aromatic heterocycles. The van der Waals surface area contributed by atoms with E-state index < -0.39 is 16.1 Å².